The summed E-state index contributed by atoms with van der Waals surface area (Å²) in [5.41, 5.74) is 1.69. The summed E-state index contributed by atoms with van der Waals surface area (Å²) in [6.07, 6.45) is 0. The third-order valence-electron chi connectivity index (χ3n) is 3.76. The molecular formula is C17H17N3O3S. The number of fused-ring (bicyclic) bond motifs is 1. The molecule has 2 aromatic heterocycles. The van der Waals surface area contributed by atoms with Crippen LogP contribution in [0.1, 0.15) is 21.1 Å². The highest BCUT2D eigenvalue weighted by Gasteiger charge is 2.24. The topological polar surface area (TPSA) is 73.2 Å². The molecule has 0 saturated carbocycles. The van der Waals surface area contributed by atoms with Gasteiger partial charge in [0.2, 0.25) is 0 Å². The van der Waals surface area contributed by atoms with E-state index in [-0.39, 0.29) is 6.54 Å². The third kappa shape index (κ3) is 2.90. The molecule has 0 spiro atoms. The average Bonchev–Trinajstić information content (AvgIpc) is 3.11. The zero-order chi connectivity index (χ0) is 17.3. The summed E-state index contributed by atoms with van der Waals surface area (Å²) in [5, 5.41) is 7.71. The number of aromatic nitrogens is 2. The first-order valence-electron chi connectivity index (χ1n) is 7.39. The number of methoxy groups -OCH3 is 1. The summed E-state index contributed by atoms with van der Waals surface area (Å²) in [5.74, 6) is -0.812. The Morgan fingerprint density at radius 1 is 1.33 bits per heavy atom. The van der Waals surface area contributed by atoms with Gasteiger partial charge in [-0.05, 0) is 25.1 Å². The second-order valence-electron chi connectivity index (χ2n) is 5.37. The van der Waals surface area contributed by atoms with Gasteiger partial charge in [0.25, 0.3) is 11.7 Å². The third-order valence-corrected chi connectivity index (χ3v) is 4.91. The van der Waals surface area contributed by atoms with E-state index in [1.165, 1.54) is 18.4 Å². The fourth-order valence-corrected chi connectivity index (χ4v) is 3.56. The van der Waals surface area contributed by atoms with Crippen LogP contribution in [0.5, 0.6) is 5.75 Å². The summed E-state index contributed by atoms with van der Waals surface area (Å²) in [6, 6.07) is 9.39. The van der Waals surface area contributed by atoms with Gasteiger partial charge in [0.05, 0.1) is 19.3 Å². The molecule has 2 heterocycles. The Labute approximate surface area is 143 Å². The van der Waals surface area contributed by atoms with Gasteiger partial charge in [0.1, 0.15) is 10.6 Å². The maximum Gasteiger partial charge on any atom is 0.293 e. The van der Waals surface area contributed by atoms with Crippen LogP contribution in [0.3, 0.4) is 0 Å². The molecule has 0 bridgehead atoms. The molecule has 0 saturated heterocycles. The van der Waals surface area contributed by atoms with E-state index >= 15 is 0 Å². The number of Topliss-reactive ketones (excluding diaryl/α,β-unsaturated/α-hetero) is 1. The van der Waals surface area contributed by atoms with Gasteiger partial charge < -0.3 is 10.1 Å². The van der Waals surface area contributed by atoms with Crippen LogP contribution in [0.25, 0.3) is 10.1 Å². The van der Waals surface area contributed by atoms with E-state index in [1.807, 2.05) is 44.3 Å². The molecule has 0 atom stereocenters. The Kier molecular flexibility index (Phi) is 4.35. The van der Waals surface area contributed by atoms with Gasteiger partial charge in [0, 0.05) is 22.8 Å². The van der Waals surface area contributed by atoms with Crippen molar-refractivity contribution < 1.29 is 14.3 Å². The van der Waals surface area contributed by atoms with Crippen LogP contribution < -0.4 is 10.1 Å². The summed E-state index contributed by atoms with van der Waals surface area (Å²) < 4.78 is 7.97. The lowest BCUT2D eigenvalue weighted by Gasteiger charge is -2.03. The minimum Gasteiger partial charge on any atom is -0.494 e. The van der Waals surface area contributed by atoms with Crippen molar-refractivity contribution in [2.45, 2.75) is 13.5 Å². The number of carbonyl (C=O) groups is 2. The first-order chi connectivity index (χ1) is 11.5. The van der Waals surface area contributed by atoms with E-state index in [4.69, 9.17) is 4.74 Å². The summed E-state index contributed by atoms with van der Waals surface area (Å²) in [7, 11) is 3.33. The lowest BCUT2D eigenvalue weighted by atomic mass is 10.2. The molecule has 3 aromatic rings. The molecule has 0 radical (unpaired) electrons. The number of thiophene rings is 1. The minimum atomic E-state index is -0.664. The quantitative estimate of drug-likeness (QED) is 0.570. The smallest absolute Gasteiger partial charge is 0.293 e. The number of nitrogens with zero attached hydrogens (tertiary/aromatic N) is 2. The van der Waals surface area contributed by atoms with Crippen molar-refractivity contribution in [3.8, 4) is 5.75 Å². The average molecular weight is 343 g/mol. The monoisotopic (exact) mass is 343 g/mol. The molecule has 24 heavy (non-hydrogen) atoms. The van der Waals surface area contributed by atoms with E-state index < -0.39 is 11.7 Å². The van der Waals surface area contributed by atoms with Gasteiger partial charge in [-0.3, -0.25) is 14.3 Å². The molecule has 124 valence electrons. The summed E-state index contributed by atoms with van der Waals surface area (Å²) in [6.45, 7) is 2.13. The Balaban J connectivity index is 1.79. The van der Waals surface area contributed by atoms with Crippen LogP contribution in [0.4, 0.5) is 0 Å². The highest BCUT2D eigenvalue weighted by Crippen LogP contribution is 2.37. The maximum atomic E-state index is 12.5. The van der Waals surface area contributed by atoms with E-state index in [0.29, 0.717) is 16.3 Å². The van der Waals surface area contributed by atoms with Crippen molar-refractivity contribution in [1.82, 2.24) is 15.1 Å². The predicted octanol–water partition coefficient (Wildman–Crippen LogP) is 2.45. The van der Waals surface area contributed by atoms with Crippen molar-refractivity contribution in [1.29, 1.82) is 0 Å². The van der Waals surface area contributed by atoms with Gasteiger partial charge in [-0.1, -0.05) is 12.1 Å². The van der Waals surface area contributed by atoms with Gasteiger partial charge in [0.15, 0.2) is 0 Å². The number of hydrogen-bond donors (Lipinski definition) is 1. The minimum absolute atomic E-state index is 0.208. The lowest BCUT2D eigenvalue weighted by Crippen LogP contribution is -2.30. The Hall–Kier alpha value is -2.67. The van der Waals surface area contributed by atoms with Gasteiger partial charge in [-0.25, -0.2) is 0 Å². The van der Waals surface area contributed by atoms with Crippen molar-refractivity contribution in [3.63, 3.8) is 0 Å². The Bertz CT molecular complexity index is 907. The largest absolute Gasteiger partial charge is 0.494 e. The number of benzene rings is 1. The van der Waals surface area contributed by atoms with Crippen LogP contribution in [0, 0.1) is 6.92 Å². The fraction of sp³-hybridized carbons (Fsp3) is 0.235. The molecule has 0 fully saturated rings. The van der Waals surface area contributed by atoms with E-state index in [0.717, 1.165) is 15.8 Å². The van der Waals surface area contributed by atoms with Crippen LogP contribution in [0.2, 0.25) is 0 Å². The number of rotatable bonds is 5. The molecule has 0 aliphatic carbocycles. The second-order valence-corrected chi connectivity index (χ2v) is 6.43. The molecule has 0 unspecified atom stereocenters. The predicted molar refractivity (Wildman–Crippen MR) is 92.5 cm³/mol. The molecule has 3 rings (SSSR count). The molecule has 7 heteroatoms. The fourth-order valence-electron chi connectivity index (χ4n) is 2.45. The molecule has 0 aliphatic rings. The highest BCUT2D eigenvalue weighted by atomic mass is 32.1. The van der Waals surface area contributed by atoms with Crippen molar-refractivity contribution >= 4 is 33.1 Å². The molecule has 6 nitrogen and oxygen atoms in total. The number of carbonyl (C=O) groups excluding carboxylic acids is 2. The number of ketones is 1. The molecular weight excluding hydrogens is 326 g/mol. The normalized spacial score (nSPS) is 10.8. The van der Waals surface area contributed by atoms with Crippen molar-refractivity contribution in [3.05, 3.63) is 46.6 Å². The lowest BCUT2D eigenvalue weighted by molar-refractivity contribution is -0.117. The highest BCUT2D eigenvalue weighted by molar-refractivity contribution is 7.22. The van der Waals surface area contributed by atoms with Crippen LogP contribution in [0.15, 0.2) is 30.3 Å². The number of hydrogen-bond acceptors (Lipinski definition) is 5. The zero-order valence-electron chi connectivity index (χ0n) is 13.6. The van der Waals surface area contributed by atoms with E-state index in [1.54, 1.807) is 4.68 Å². The van der Waals surface area contributed by atoms with Crippen LogP contribution in [-0.2, 0) is 18.4 Å². The molecule has 1 N–H and O–H groups in total. The van der Waals surface area contributed by atoms with Crippen molar-refractivity contribution in [2.75, 3.05) is 7.11 Å². The molecule has 1 aromatic carbocycles. The number of ether oxygens (including phenoxy) is 1. The van der Waals surface area contributed by atoms with Gasteiger partial charge in [-0.2, -0.15) is 5.10 Å². The van der Waals surface area contributed by atoms with Crippen molar-refractivity contribution in [2.24, 2.45) is 7.05 Å². The SMILES string of the molecule is COc1c(C(=O)C(=O)NCc2cc(C)n(C)n2)sc2ccccc12. The number of amides is 1. The molecule has 0 aliphatic heterocycles. The summed E-state index contributed by atoms with van der Waals surface area (Å²) in [4.78, 5) is 25.0. The standard InChI is InChI=1S/C17H17N3O3S/c1-10-8-11(19-20(10)2)9-18-17(22)14(21)16-15(23-3)12-6-4-5-7-13(12)24-16/h4-8H,9H2,1-3H3,(H,18,22). The van der Waals surface area contributed by atoms with Gasteiger partial charge >= 0.3 is 0 Å². The van der Waals surface area contributed by atoms with Crippen LogP contribution >= 0.6 is 11.3 Å². The zero-order valence-corrected chi connectivity index (χ0v) is 14.4. The summed E-state index contributed by atoms with van der Waals surface area (Å²) >= 11 is 1.26. The first kappa shape index (κ1) is 16.2. The molecule has 1 amide bonds. The van der Waals surface area contributed by atoms with E-state index in [9.17, 15) is 9.59 Å². The van der Waals surface area contributed by atoms with Gasteiger partial charge in [-0.15, -0.1) is 11.3 Å². The first-order valence-corrected chi connectivity index (χ1v) is 8.20. The Morgan fingerprint density at radius 2 is 2.08 bits per heavy atom. The van der Waals surface area contributed by atoms with Crippen LogP contribution in [-0.4, -0.2) is 28.6 Å². The second kappa shape index (κ2) is 6.45. The van der Waals surface area contributed by atoms with E-state index in [2.05, 4.69) is 10.4 Å². The maximum absolute atomic E-state index is 12.5. The number of nitrogens with one attached hydrogen (secondary N) is 1. The number of aryl methyl sites for hydroxylation is 2. The Morgan fingerprint density at radius 3 is 2.75 bits per heavy atom.